The van der Waals surface area contributed by atoms with Crippen molar-refractivity contribution in [2.24, 2.45) is 11.8 Å². The van der Waals surface area contributed by atoms with Gasteiger partial charge in [0.25, 0.3) is 0 Å². The van der Waals surface area contributed by atoms with E-state index in [4.69, 9.17) is 0 Å². The quantitative estimate of drug-likeness (QED) is 0.897. The van der Waals surface area contributed by atoms with E-state index in [0.717, 1.165) is 53.9 Å². The first-order valence-electron chi connectivity index (χ1n) is 9.40. The van der Waals surface area contributed by atoms with Gasteiger partial charge in [0.15, 0.2) is 0 Å². The summed E-state index contributed by atoms with van der Waals surface area (Å²) in [6.45, 7) is 6.70. The van der Waals surface area contributed by atoms with E-state index >= 15 is 0 Å². The van der Waals surface area contributed by atoms with Crippen LogP contribution in [0.3, 0.4) is 0 Å². The first kappa shape index (κ1) is 17.0. The summed E-state index contributed by atoms with van der Waals surface area (Å²) < 4.78 is 14.9. The highest BCUT2D eigenvalue weighted by Gasteiger charge is 2.30. The van der Waals surface area contributed by atoms with E-state index in [0.29, 0.717) is 12.5 Å². The third-order valence-corrected chi connectivity index (χ3v) is 5.35. The van der Waals surface area contributed by atoms with Gasteiger partial charge in [-0.25, -0.2) is 4.39 Å². The summed E-state index contributed by atoms with van der Waals surface area (Å²) in [4.78, 5) is 10.9. The molecule has 1 saturated heterocycles. The van der Waals surface area contributed by atoms with Gasteiger partial charge in [-0.1, -0.05) is 26.0 Å². The first-order chi connectivity index (χ1) is 12.6. The number of halogens is 1. The molecule has 1 unspecified atom stereocenters. The minimum Gasteiger partial charge on any atom is -0.379 e. The zero-order valence-electron chi connectivity index (χ0n) is 15.4. The average Bonchev–Trinajstić information content (AvgIpc) is 3.08. The van der Waals surface area contributed by atoms with E-state index in [1.165, 1.54) is 0 Å². The van der Waals surface area contributed by atoms with Gasteiger partial charge in [-0.05, 0) is 36.5 Å². The molecule has 2 aliphatic rings. The Bertz CT molecular complexity index is 873. The van der Waals surface area contributed by atoms with Crippen molar-refractivity contribution in [3.05, 3.63) is 59.5 Å². The predicted octanol–water partition coefficient (Wildman–Crippen LogP) is 4.17. The van der Waals surface area contributed by atoms with Crippen LogP contribution in [0.5, 0.6) is 0 Å². The van der Waals surface area contributed by atoms with Gasteiger partial charge in [-0.2, -0.15) is 0 Å². The number of hydrogen-bond donors (Lipinski definition) is 1. The molecule has 0 amide bonds. The second-order valence-corrected chi connectivity index (χ2v) is 7.52. The molecule has 1 N–H and O–H groups in total. The Kier molecular flexibility index (Phi) is 4.62. The fraction of sp³-hybridized carbons (Fsp3) is 0.429. The van der Waals surface area contributed by atoms with E-state index < -0.39 is 0 Å². The molecule has 2 atom stereocenters. The summed E-state index contributed by atoms with van der Waals surface area (Å²) >= 11 is 0. The number of nitrogens with zero attached hydrogens (tertiary/aromatic N) is 3. The third kappa shape index (κ3) is 3.30. The third-order valence-electron chi connectivity index (χ3n) is 5.35. The maximum Gasteiger partial charge on any atom is 0.128 e. The van der Waals surface area contributed by atoms with Crippen molar-refractivity contribution in [3.8, 4) is 0 Å². The smallest absolute Gasteiger partial charge is 0.128 e. The highest BCUT2D eigenvalue weighted by atomic mass is 19.1. The van der Waals surface area contributed by atoms with Gasteiger partial charge in [0.05, 0.1) is 22.4 Å². The summed E-state index contributed by atoms with van der Waals surface area (Å²) in [5.41, 5.74) is 4.59. The van der Waals surface area contributed by atoms with Crippen molar-refractivity contribution in [3.63, 3.8) is 0 Å². The molecule has 26 heavy (non-hydrogen) atoms. The van der Waals surface area contributed by atoms with Crippen molar-refractivity contribution in [2.45, 2.75) is 33.2 Å². The van der Waals surface area contributed by atoms with Crippen LogP contribution in [-0.4, -0.2) is 28.0 Å². The second kappa shape index (κ2) is 7.06. The minimum absolute atomic E-state index is 0.0217. The van der Waals surface area contributed by atoms with Crippen LogP contribution in [0.2, 0.25) is 0 Å². The van der Waals surface area contributed by atoms with Crippen LogP contribution in [0.1, 0.15) is 32.3 Å². The molecule has 4 nitrogen and oxygen atoms in total. The fourth-order valence-corrected chi connectivity index (χ4v) is 3.79. The Hall–Kier alpha value is -2.43. The molecule has 1 aromatic carbocycles. The lowest BCUT2D eigenvalue weighted by Crippen LogP contribution is -2.30. The number of nitrogens with one attached hydrogen (secondary N) is 1. The Morgan fingerprint density at radius 2 is 2.00 bits per heavy atom. The monoisotopic (exact) mass is 352 g/mol. The molecule has 5 heteroatoms. The van der Waals surface area contributed by atoms with Gasteiger partial charge < -0.3 is 10.2 Å². The lowest BCUT2D eigenvalue weighted by Gasteiger charge is -2.30. The van der Waals surface area contributed by atoms with Gasteiger partial charge in [-0.3, -0.25) is 9.97 Å². The summed E-state index contributed by atoms with van der Waals surface area (Å²) in [6, 6.07) is 6.07. The van der Waals surface area contributed by atoms with Crippen LogP contribution < -0.4 is 5.32 Å². The molecule has 1 aliphatic heterocycles. The molecule has 0 spiro atoms. The van der Waals surface area contributed by atoms with Crippen molar-refractivity contribution >= 4 is 11.0 Å². The number of hydrogen-bond acceptors (Lipinski definition) is 4. The summed E-state index contributed by atoms with van der Waals surface area (Å²) in [7, 11) is 0. The molecule has 0 bridgehead atoms. The van der Waals surface area contributed by atoms with Crippen LogP contribution in [0, 0.1) is 11.8 Å². The van der Waals surface area contributed by atoms with Crippen molar-refractivity contribution in [2.75, 3.05) is 13.1 Å². The summed E-state index contributed by atoms with van der Waals surface area (Å²) in [5.74, 6) is 0.601. The average molecular weight is 352 g/mol. The van der Waals surface area contributed by atoms with E-state index in [9.17, 15) is 4.39 Å². The maximum absolute atomic E-state index is 14.9. The molecule has 1 aliphatic carbocycles. The molecule has 2 heterocycles. The SMILES string of the molecule is CC1CC=C(NCc2ccc3nccnc3c2)C(N2CC[C@@H](C)C2)=C1F. The molecule has 1 aromatic heterocycles. The molecular formula is C21H25FN4. The Labute approximate surface area is 153 Å². The van der Waals surface area contributed by atoms with Crippen LogP contribution in [0.15, 0.2) is 53.9 Å². The van der Waals surface area contributed by atoms with Gasteiger partial charge in [0.2, 0.25) is 0 Å². The molecular weight excluding hydrogens is 327 g/mol. The maximum atomic E-state index is 14.9. The molecule has 4 rings (SSSR count). The summed E-state index contributed by atoms with van der Waals surface area (Å²) in [6.07, 6.45) is 7.42. The normalized spacial score (nSPS) is 23.5. The van der Waals surface area contributed by atoms with Gasteiger partial charge in [0.1, 0.15) is 5.83 Å². The molecule has 1 fully saturated rings. The van der Waals surface area contributed by atoms with E-state index in [-0.39, 0.29) is 11.7 Å². The Morgan fingerprint density at radius 1 is 1.19 bits per heavy atom. The zero-order chi connectivity index (χ0) is 18.1. The van der Waals surface area contributed by atoms with Gasteiger partial charge >= 0.3 is 0 Å². The molecule has 0 saturated carbocycles. The Morgan fingerprint density at radius 3 is 2.77 bits per heavy atom. The van der Waals surface area contributed by atoms with Crippen molar-refractivity contribution < 1.29 is 4.39 Å². The van der Waals surface area contributed by atoms with Crippen LogP contribution in [0.25, 0.3) is 11.0 Å². The van der Waals surface area contributed by atoms with Crippen LogP contribution in [0.4, 0.5) is 4.39 Å². The predicted molar refractivity (Wildman–Crippen MR) is 102 cm³/mol. The number of benzene rings is 1. The minimum atomic E-state index is -0.0394. The number of aromatic nitrogens is 2. The van der Waals surface area contributed by atoms with Gasteiger partial charge in [-0.15, -0.1) is 0 Å². The van der Waals surface area contributed by atoms with Crippen molar-refractivity contribution in [1.29, 1.82) is 0 Å². The molecule has 0 radical (unpaired) electrons. The standard InChI is InChI=1S/C21H25FN4/c1-14-7-10-26(13-14)21-18(5-3-15(2)20(21)22)25-12-16-4-6-17-19(11-16)24-9-8-23-17/h4-6,8-9,11,14-15,25H,3,7,10,12-13H2,1-2H3/t14-,15?/m1/s1. The Balaban J connectivity index is 1.53. The highest BCUT2D eigenvalue weighted by molar-refractivity contribution is 5.74. The van der Waals surface area contributed by atoms with Crippen LogP contribution >= 0.6 is 0 Å². The molecule has 136 valence electrons. The number of rotatable bonds is 4. The van der Waals surface area contributed by atoms with E-state index in [1.807, 2.05) is 25.1 Å². The highest BCUT2D eigenvalue weighted by Crippen LogP contribution is 2.34. The number of likely N-dealkylation sites (tertiary alicyclic amines) is 1. The van der Waals surface area contributed by atoms with E-state index in [1.54, 1.807) is 12.4 Å². The van der Waals surface area contributed by atoms with Crippen LogP contribution in [-0.2, 0) is 6.54 Å². The topological polar surface area (TPSA) is 41.1 Å². The zero-order valence-corrected chi connectivity index (χ0v) is 15.4. The van der Waals surface area contributed by atoms with E-state index in [2.05, 4.69) is 33.2 Å². The fourth-order valence-electron chi connectivity index (χ4n) is 3.79. The van der Waals surface area contributed by atoms with Gasteiger partial charge in [0, 0.05) is 37.9 Å². The lowest BCUT2D eigenvalue weighted by atomic mass is 9.96. The largest absolute Gasteiger partial charge is 0.379 e. The van der Waals surface area contributed by atoms with Crippen molar-refractivity contribution in [1.82, 2.24) is 20.2 Å². The molecule has 2 aromatic rings. The lowest BCUT2D eigenvalue weighted by molar-refractivity contribution is 0.360. The number of allylic oxidation sites excluding steroid dienone is 2. The first-order valence-corrected chi connectivity index (χ1v) is 9.40. The second-order valence-electron chi connectivity index (χ2n) is 7.52. The number of fused-ring (bicyclic) bond motifs is 1. The summed E-state index contributed by atoms with van der Waals surface area (Å²) in [5, 5.41) is 3.47.